The molecule has 0 saturated heterocycles. The Morgan fingerprint density at radius 2 is 1.40 bits per heavy atom. The van der Waals surface area contributed by atoms with E-state index in [9.17, 15) is 10.1 Å². The van der Waals surface area contributed by atoms with Crippen LogP contribution in [-0.4, -0.2) is 14.9 Å². The van der Waals surface area contributed by atoms with Gasteiger partial charge in [0.1, 0.15) is 11.5 Å². The van der Waals surface area contributed by atoms with Gasteiger partial charge in [-0.2, -0.15) is 0 Å². The van der Waals surface area contributed by atoms with Gasteiger partial charge in [0.2, 0.25) is 5.15 Å². The van der Waals surface area contributed by atoms with Crippen LogP contribution in [0.4, 0.5) is 5.69 Å². The molecule has 2 aromatic carbocycles. The van der Waals surface area contributed by atoms with Gasteiger partial charge in [0, 0.05) is 12.8 Å². The van der Waals surface area contributed by atoms with Crippen LogP contribution in [0.15, 0.2) is 60.7 Å². The summed E-state index contributed by atoms with van der Waals surface area (Å²) in [5.41, 5.74) is 2.06. The highest BCUT2D eigenvalue weighted by molar-refractivity contribution is 6.31. The summed E-state index contributed by atoms with van der Waals surface area (Å²) < 4.78 is 0. The third kappa shape index (κ3) is 4.59. The molecule has 0 aliphatic rings. The average Bonchev–Trinajstić information content (AvgIpc) is 2.56. The van der Waals surface area contributed by atoms with Crippen molar-refractivity contribution in [3.63, 3.8) is 0 Å². The molecule has 1 heterocycles. The molecule has 0 aliphatic heterocycles. The first-order valence-electron chi connectivity index (χ1n) is 7.41. The fourth-order valence-electron chi connectivity index (χ4n) is 2.47. The Kier molecular flexibility index (Phi) is 6.16. The number of hydrogen-bond donors (Lipinski definition) is 1. The Morgan fingerprint density at radius 1 is 0.880 bits per heavy atom. The quantitative estimate of drug-likeness (QED) is 0.415. The van der Waals surface area contributed by atoms with Gasteiger partial charge >= 0.3 is 5.69 Å². The fourth-order valence-corrected chi connectivity index (χ4v) is 2.75. The number of hydrogen-bond acceptors (Lipinski definition) is 5. The van der Waals surface area contributed by atoms with Crippen LogP contribution in [0.5, 0.6) is 0 Å². The van der Waals surface area contributed by atoms with Gasteiger partial charge in [-0.15, -0.1) is 0 Å². The van der Waals surface area contributed by atoms with Gasteiger partial charge in [0.15, 0.2) is 0 Å². The smallest absolute Gasteiger partial charge is 0.328 e. The fraction of sp³-hybridized carbons (Fsp3) is 0.111. The van der Waals surface area contributed by atoms with E-state index in [0.29, 0.717) is 24.4 Å². The Balaban J connectivity index is 0.00000225. The van der Waals surface area contributed by atoms with Crippen LogP contribution < -0.4 is 6.15 Å². The number of rotatable bonds is 5. The summed E-state index contributed by atoms with van der Waals surface area (Å²) in [6, 6.07) is 19.1. The van der Waals surface area contributed by atoms with Gasteiger partial charge < -0.3 is 6.15 Å². The predicted molar refractivity (Wildman–Crippen MR) is 97.2 cm³/mol. The van der Waals surface area contributed by atoms with E-state index in [1.807, 2.05) is 60.7 Å². The maximum absolute atomic E-state index is 11.3. The Labute approximate surface area is 150 Å². The maximum Gasteiger partial charge on any atom is 0.328 e. The van der Waals surface area contributed by atoms with Gasteiger partial charge in [0.25, 0.3) is 0 Å². The molecule has 0 saturated carbocycles. The number of nitrogens with zero attached hydrogens (tertiary/aromatic N) is 3. The summed E-state index contributed by atoms with van der Waals surface area (Å²) >= 11 is 6.07. The number of nitro groups is 1. The summed E-state index contributed by atoms with van der Waals surface area (Å²) in [5, 5.41) is 11.2. The van der Waals surface area contributed by atoms with Crippen LogP contribution in [0.1, 0.15) is 22.6 Å². The largest absolute Gasteiger partial charge is 0.344 e. The Hall–Kier alpha value is -2.83. The van der Waals surface area contributed by atoms with Gasteiger partial charge in [-0.1, -0.05) is 72.3 Å². The number of halogens is 1. The lowest BCUT2D eigenvalue weighted by Gasteiger charge is -2.07. The van der Waals surface area contributed by atoms with Gasteiger partial charge in [-0.05, 0) is 11.1 Å². The third-order valence-corrected chi connectivity index (χ3v) is 3.83. The van der Waals surface area contributed by atoms with Crippen molar-refractivity contribution >= 4 is 17.3 Å². The topological polar surface area (TPSA) is 104 Å². The van der Waals surface area contributed by atoms with Crippen LogP contribution in [0, 0.1) is 10.1 Å². The second kappa shape index (κ2) is 8.32. The highest BCUT2D eigenvalue weighted by atomic mass is 35.5. The molecular formula is C18H17ClN4O2. The van der Waals surface area contributed by atoms with Crippen LogP contribution >= 0.6 is 11.6 Å². The van der Waals surface area contributed by atoms with Gasteiger partial charge in [-0.25, -0.2) is 9.97 Å². The molecule has 1 aromatic heterocycles. The zero-order chi connectivity index (χ0) is 16.9. The average molecular weight is 357 g/mol. The Bertz CT molecular complexity index is 858. The van der Waals surface area contributed by atoms with Crippen LogP contribution in [0.25, 0.3) is 0 Å². The normalized spacial score (nSPS) is 10.1. The summed E-state index contributed by atoms with van der Waals surface area (Å²) in [6.07, 6.45) is 0.807. The van der Waals surface area contributed by atoms with E-state index in [-0.39, 0.29) is 17.0 Å². The zero-order valence-electron chi connectivity index (χ0n) is 13.4. The summed E-state index contributed by atoms with van der Waals surface area (Å²) in [5.74, 6) is 0.475. The van der Waals surface area contributed by atoms with E-state index in [0.717, 1.165) is 11.1 Å². The molecule has 25 heavy (non-hydrogen) atoms. The van der Waals surface area contributed by atoms with E-state index in [2.05, 4.69) is 9.97 Å². The van der Waals surface area contributed by atoms with Crippen molar-refractivity contribution in [2.45, 2.75) is 12.8 Å². The first kappa shape index (κ1) is 18.5. The molecule has 0 unspecified atom stereocenters. The number of aromatic nitrogens is 2. The third-order valence-electron chi connectivity index (χ3n) is 3.56. The minimum absolute atomic E-state index is 0. The minimum Gasteiger partial charge on any atom is -0.344 e. The molecular weight excluding hydrogens is 340 g/mol. The second-order valence-corrected chi connectivity index (χ2v) is 5.67. The van der Waals surface area contributed by atoms with Gasteiger partial charge in [-0.3, -0.25) is 10.1 Å². The van der Waals surface area contributed by atoms with Crippen molar-refractivity contribution in [3.8, 4) is 0 Å². The molecule has 0 atom stereocenters. The van der Waals surface area contributed by atoms with Crippen LogP contribution in [-0.2, 0) is 12.8 Å². The maximum atomic E-state index is 11.3. The summed E-state index contributed by atoms with van der Waals surface area (Å²) in [4.78, 5) is 19.3. The molecule has 0 radical (unpaired) electrons. The highest BCUT2D eigenvalue weighted by Crippen LogP contribution is 2.28. The van der Waals surface area contributed by atoms with Crippen molar-refractivity contribution < 1.29 is 4.92 Å². The highest BCUT2D eigenvalue weighted by Gasteiger charge is 2.23. The molecule has 0 bridgehead atoms. The first-order valence-corrected chi connectivity index (χ1v) is 7.79. The zero-order valence-corrected chi connectivity index (χ0v) is 14.2. The molecule has 0 spiro atoms. The molecule has 0 aliphatic carbocycles. The van der Waals surface area contributed by atoms with Crippen molar-refractivity contribution in [2.75, 3.05) is 0 Å². The molecule has 3 N–H and O–H groups in total. The minimum atomic E-state index is -0.521. The SMILES string of the molecule is N.O=[N+]([O-])c1c(Cl)nc(Cc2ccccc2)nc1Cc1ccccc1. The second-order valence-electron chi connectivity index (χ2n) is 5.31. The molecule has 3 rings (SSSR count). The molecule has 0 amide bonds. The summed E-state index contributed by atoms with van der Waals surface area (Å²) in [6.45, 7) is 0. The lowest BCUT2D eigenvalue weighted by atomic mass is 10.1. The van der Waals surface area contributed by atoms with E-state index >= 15 is 0 Å². The first-order chi connectivity index (χ1) is 11.6. The molecule has 7 heteroatoms. The van der Waals surface area contributed by atoms with E-state index in [1.54, 1.807) is 0 Å². The van der Waals surface area contributed by atoms with Crippen LogP contribution in [0.2, 0.25) is 5.15 Å². The van der Waals surface area contributed by atoms with Crippen molar-refractivity contribution in [3.05, 3.63) is 98.6 Å². The molecule has 6 nitrogen and oxygen atoms in total. The van der Waals surface area contributed by atoms with Gasteiger partial charge in [0.05, 0.1) is 4.92 Å². The summed E-state index contributed by atoms with van der Waals surface area (Å²) in [7, 11) is 0. The molecule has 128 valence electrons. The van der Waals surface area contributed by atoms with Crippen molar-refractivity contribution in [1.82, 2.24) is 16.1 Å². The Morgan fingerprint density at radius 3 is 1.92 bits per heavy atom. The molecule has 3 aromatic rings. The van der Waals surface area contributed by atoms with E-state index in [1.165, 1.54) is 0 Å². The van der Waals surface area contributed by atoms with Crippen molar-refractivity contribution in [1.29, 1.82) is 0 Å². The molecule has 0 fully saturated rings. The predicted octanol–water partition coefficient (Wildman–Crippen LogP) is 4.38. The van der Waals surface area contributed by atoms with E-state index in [4.69, 9.17) is 11.6 Å². The lowest BCUT2D eigenvalue weighted by Crippen LogP contribution is -2.07. The lowest BCUT2D eigenvalue weighted by molar-refractivity contribution is -0.386. The standard InChI is InChI=1S/C18H14ClN3O2.H3N/c19-18-17(22(23)24)15(11-13-7-3-1-4-8-13)20-16(21-18)12-14-9-5-2-6-10-14;/h1-10H,11-12H2;1H3. The number of benzene rings is 2. The van der Waals surface area contributed by atoms with Crippen LogP contribution in [0.3, 0.4) is 0 Å². The monoisotopic (exact) mass is 356 g/mol. The van der Waals surface area contributed by atoms with Crippen molar-refractivity contribution in [2.24, 2.45) is 0 Å². The van der Waals surface area contributed by atoms with E-state index < -0.39 is 4.92 Å².